The van der Waals surface area contributed by atoms with Crippen LogP contribution in [-0.4, -0.2) is 17.7 Å². The first-order valence-electron chi connectivity index (χ1n) is 9.06. The number of fused-ring (bicyclic) bond motifs is 1. The molecule has 0 amide bonds. The number of ketones is 1. The lowest BCUT2D eigenvalue weighted by molar-refractivity contribution is -0.141. The van der Waals surface area contributed by atoms with Crippen LogP contribution in [0, 0.1) is 5.92 Å². The number of cyclic esters (lactones) is 1. The zero-order valence-electron chi connectivity index (χ0n) is 15.0. The van der Waals surface area contributed by atoms with Crippen molar-refractivity contribution in [2.24, 2.45) is 10.9 Å². The average Bonchev–Trinajstić information content (AvgIpc) is 3.01. The maximum Gasteiger partial charge on any atom is 0.345 e. The molecule has 4 nitrogen and oxygen atoms in total. The molecule has 0 unspecified atom stereocenters. The molecule has 4 heteroatoms. The highest BCUT2D eigenvalue weighted by Crippen LogP contribution is 2.41. The number of nitrogens with zero attached hydrogens (tertiary/aromatic N) is 1. The van der Waals surface area contributed by atoms with Gasteiger partial charge >= 0.3 is 5.97 Å². The van der Waals surface area contributed by atoms with Crippen LogP contribution in [-0.2, 0) is 21.5 Å². The Kier molecular flexibility index (Phi) is 3.98. The molecule has 2 aromatic rings. The Balaban J connectivity index is 1.86. The Hall–Kier alpha value is -2.75. The van der Waals surface area contributed by atoms with E-state index in [9.17, 15) is 9.59 Å². The third kappa shape index (κ3) is 2.48. The molecule has 0 fully saturated rings. The number of carbonyl (C=O) groups is 2. The molecular weight excluding hydrogens is 326 g/mol. The van der Waals surface area contributed by atoms with Crippen LogP contribution >= 0.6 is 0 Å². The van der Waals surface area contributed by atoms with Crippen molar-refractivity contribution < 1.29 is 14.3 Å². The third-order valence-corrected chi connectivity index (χ3v) is 5.34. The van der Waals surface area contributed by atoms with E-state index < -0.39 is 5.54 Å². The summed E-state index contributed by atoms with van der Waals surface area (Å²) in [6, 6.07) is 15.2. The molecule has 0 aromatic heterocycles. The molecule has 2 aliphatic rings. The van der Waals surface area contributed by atoms with Crippen LogP contribution in [0.4, 0.5) is 0 Å². The van der Waals surface area contributed by atoms with E-state index in [2.05, 4.69) is 0 Å². The number of benzene rings is 2. The number of ether oxygens (including phenoxy) is 1. The first-order chi connectivity index (χ1) is 12.5. The van der Waals surface area contributed by atoms with Crippen LogP contribution in [0.3, 0.4) is 0 Å². The van der Waals surface area contributed by atoms with E-state index >= 15 is 0 Å². The highest BCUT2D eigenvalue weighted by molar-refractivity contribution is 6.08. The molecule has 1 atom stereocenters. The van der Waals surface area contributed by atoms with Crippen molar-refractivity contribution in [1.29, 1.82) is 0 Å². The van der Waals surface area contributed by atoms with Gasteiger partial charge in [-0.1, -0.05) is 44.2 Å². The molecule has 1 aliphatic heterocycles. The van der Waals surface area contributed by atoms with Gasteiger partial charge in [0.05, 0.1) is 0 Å². The standard InChI is InChI=1S/C22H21NO3/c1-14(2)22(17-12-11-15-9-6-10-19(24)18(15)13-17)21(25)26-20(23-22)16-7-4-3-5-8-16/h3-5,7-8,11-14H,6,9-10H2,1-2H3/t22-/m1/s1. The van der Waals surface area contributed by atoms with Gasteiger partial charge in [0.25, 0.3) is 0 Å². The van der Waals surface area contributed by atoms with Crippen molar-refractivity contribution in [3.8, 4) is 0 Å². The monoisotopic (exact) mass is 347 g/mol. The van der Waals surface area contributed by atoms with Gasteiger partial charge in [0, 0.05) is 17.5 Å². The van der Waals surface area contributed by atoms with Gasteiger partial charge in [-0.2, -0.15) is 0 Å². The first kappa shape index (κ1) is 16.7. The van der Waals surface area contributed by atoms with Gasteiger partial charge in [0.1, 0.15) is 0 Å². The predicted octanol–water partition coefficient (Wildman–Crippen LogP) is 4.06. The minimum absolute atomic E-state index is 0.104. The molecule has 0 N–H and O–H groups in total. The van der Waals surface area contributed by atoms with Crippen LogP contribution < -0.4 is 0 Å². The van der Waals surface area contributed by atoms with E-state index in [-0.39, 0.29) is 17.7 Å². The fourth-order valence-electron chi connectivity index (χ4n) is 3.84. The van der Waals surface area contributed by atoms with E-state index in [0.717, 1.165) is 35.1 Å². The summed E-state index contributed by atoms with van der Waals surface area (Å²) in [5, 5.41) is 0. The lowest BCUT2D eigenvalue weighted by atomic mass is 9.78. The maximum absolute atomic E-state index is 12.9. The van der Waals surface area contributed by atoms with Crippen molar-refractivity contribution in [1.82, 2.24) is 0 Å². The summed E-state index contributed by atoms with van der Waals surface area (Å²) >= 11 is 0. The van der Waals surface area contributed by atoms with Gasteiger partial charge in [-0.15, -0.1) is 0 Å². The quantitative estimate of drug-likeness (QED) is 0.787. The summed E-state index contributed by atoms with van der Waals surface area (Å²) in [6.07, 6.45) is 2.35. The molecule has 0 saturated carbocycles. The Morgan fingerprint density at radius 1 is 1.04 bits per heavy atom. The summed E-state index contributed by atoms with van der Waals surface area (Å²) in [7, 11) is 0. The van der Waals surface area contributed by atoms with Crippen LogP contribution in [0.5, 0.6) is 0 Å². The maximum atomic E-state index is 12.9. The lowest BCUT2D eigenvalue weighted by Crippen LogP contribution is -2.37. The number of esters is 1. The predicted molar refractivity (Wildman–Crippen MR) is 99.3 cm³/mol. The number of hydrogen-bond donors (Lipinski definition) is 0. The van der Waals surface area contributed by atoms with Gasteiger partial charge < -0.3 is 4.74 Å². The molecule has 0 radical (unpaired) electrons. The Morgan fingerprint density at radius 3 is 2.54 bits per heavy atom. The van der Waals surface area contributed by atoms with Gasteiger partial charge in [-0.05, 0) is 48.1 Å². The van der Waals surface area contributed by atoms with E-state index in [4.69, 9.17) is 9.73 Å². The molecule has 0 saturated heterocycles. The zero-order chi connectivity index (χ0) is 18.3. The fourth-order valence-corrected chi connectivity index (χ4v) is 3.84. The molecule has 26 heavy (non-hydrogen) atoms. The number of hydrogen-bond acceptors (Lipinski definition) is 4. The largest absolute Gasteiger partial charge is 0.405 e. The minimum Gasteiger partial charge on any atom is -0.405 e. The molecule has 2 aromatic carbocycles. The number of aryl methyl sites for hydroxylation is 1. The molecule has 0 spiro atoms. The topological polar surface area (TPSA) is 55.7 Å². The van der Waals surface area contributed by atoms with Crippen LogP contribution in [0.2, 0.25) is 0 Å². The second kappa shape index (κ2) is 6.20. The Bertz CT molecular complexity index is 914. The number of carbonyl (C=O) groups excluding carboxylic acids is 2. The summed E-state index contributed by atoms with van der Waals surface area (Å²) in [5.41, 5.74) is 2.18. The summed E-state index contributed by atoms with van der Waals surface area (Å²) in [6.45, 7) is 3.92. The second-order valence-electron chi connectivity index (χ2n) is 7.24. The fraction of sp³-hybridized carbons (Fsp3) is 0.318. The second-order valence-corrected chi connectivity index (χ2v) is 7.24. The van der Waals surface area contributed by atoms with E-state index in [1.165, 1.54) is 0 Å². The van der Waals surface area contributed by atoms with Gasteiger partial charge in [-0.3, -0.25) is 4.79 Å². The van der Waals surface area contributed by atoms with Gasteiger partial charge in [0.2, 0.25) is 5.90 Å². The highest BCUT2D eigenvalue weighted by atomic mass is 16.6. The van der Waals surface area contributed by atoms with Crippen molar-refractivity contribution in [3.63, 3.8) is 0 Å². The summed E-state index contributed by atoms with van der Waals surface area (Å²) < 4.78 is 5.58. The van der Waals surface area contributed by atoms with Crippen LogP contribution in [0.25, 0.3) is 0 Å². The van der Waals surface area contributed by atoms with E-state index in [0.29, 0.717) is 12.3 Å². The molecular formula is C22H21NO3. The van der Waals surface area contributed by atoms with Crippen LogP contribution in [0.15, 0.2) is 53.5 Å². The summed E-state index contributed by atoms with van der Waals surface area (Å²) in [5.74, 6) is 0.00139. The van der Waals surface area contributed by atoms with E-state index in [1.807, 2.05) is 62.4 Å². The van der Waals surface area contributed by atoms with Crippen molar-refractivity contribution in [3.05, 3.63) is 70.8 Å². The average molecular weight is 347 g/mol. The van der Waals surface area contributed by atoms with Crippen molar-refractivity contribution in [2.45, 2.75) is 38.6 Å². The van der Waals surface area contributed by atoms with Crippen molar-refractivity contribution in [2.75, 3.05) is 0 Å². The van der Waals surface area contributed by atoms with Crippen molar-refractivity contribution >= 4 is 17.7 Å². The van der Waals surface area contributed by atoms with Gasteiger partial charge in [0.15, 0.2) is 11.3 Å². The zero-order valence-corrected chi connectivity index (χ0v) is 15.0. The minimum atomic E-state index is -1.11. The lowest BCUT2D eigenvalue weighted by Gasteiger charge is -2.28. The number of rotatable bonds is 3. The first-order valence-corrected chi connectivity index (χ1v) is 9.06. The third-order valence-electron chi connectivity index (χ3n) is 5.34. The number of Topliss-reactive ketones (excluding diaryl/α,β-unsaturated/α-hetero) is 1. The highest BCUT2D eigenvalue weighted by Gasteiger charge is 2.50. The number of aliphatic imine (C=N–C) groups is 1. The Morgan fingerprint density at radius 2 is 1.81 bits per heavy atom. The normalized spacial score (nSPS) is 22.2. The van der Waals surface area contributed by atoms with Gasteiger partial charge in [-0.25, -0.2) is 9.79 Å². The molecule has 1 heterocycles. The molecule has 0 bridgehead atoms. The molecule has 4 rings (SSSR count). The summed E-state index contributed by atoms with van der Waals surface area (Å²) in [4.78, 5) is 30.0. The Labute approximate surface area is 152 Å². The molecule has 1 aliphatic carbocycles. The molecule has 132 valence electrons. The smallest absolute Gasteiger partial charge is 0.345 e. The SMILES string of the molecule is CC(C)[C@]1(c2ccc3c(c2)C(=O)CCC3)N=C(c2ccccc2)OC1=O. The van der Waals surface area contributed by atoms with E-state index in [1.54, 1.807) is 0 Å². The van der Waals surface area contributed by atoms with Crippen LogP contribution in [0.1, 0.15) is 53.7 Å².